The SMILES string of the molecule is COc1ccc(Cn2c(=O)ccn([C@H]3C[C@H](O)[C@@H](CO[Si](C)(C)C(C)(C)C)O3)c2=O)cc1. The summed E-state index contributed by atoms with van der Waals surface area (Å²) < 4.78 is 19.9. The van der Waals surface area contributed by atoms with E-state index in [0.29, 0.717) is 5.75 Å². The number of benzene rings is 1. The molecule has 0 aliphatic carbocycles. The van der Waals surface area contributed by atoms with Crippen molar-refractivity contribution in [3.63, 3.8) is 0 Å². The maximum atomic E-state index is 13.1. The van der Waals surface area contributed by atoms with Crippen molar-refractivity contribution in [2.75, 3.05) is 13.7 Å². The van der Waals surface area contributed by atoms with E-state index in [1.165, 1.54) is 16.8 Å². The highest BCUT2D eigenvalue weighted by molar-refractivity contribution is 6.74. The van der Waals surface area contributed by atoms with E-state index in [2.05, 4.69) is 33.9 Å². The number of ether oxygens (including phenoxy) is 2. The van der Waals surface area contributed by atoms with Gasteiger partial charge in [0, 0.05) is 18.7 Å². The maximum absolute atomic E-state index is 13.1. The van der Waals surface area contributed by atoms with Gasteiger partial charge in [-0.1, -0.05) is 32.9 Å². The zero-order valence-corrected chi connectivity index (χ0v) is 20.7. The van der Waals surface area contributed by atoms with Crippen LogP contribution in [-0.2, 0) is 15.7 Å². The fraction of sp³-hybridized carbons (Fsp3) is 0.565. The minimum Gasteiger partial charge on any atom is -0.497 e. The second kappa shape index (κ2) is 9.34. The molecule has 1 saturated heterocycles. The van der Waals surface area contributed by atoms with E-state index in [9.17, 15) is 14.7 Å². The topological polar surface area (TPSA) is 91.9 Å². The van der Waals surface area contributed by atoms with Crippen molar-refractivity contribution in [1.82, 2.24) is 9.13 Å². The van der Waals surface area contributed by atoms with E-state index in [4.69, 9.17) is 13.9 Å². The van der Waals surface area contributed by atoms with Gasteiger partial charge in [0.25, 0.3) is 5.56 Å². The van der Waals surface area contributed by atoms with Crippen LogP contribution in [0.1, 0.15) is 39.0 Å². The summed E-state index contributed by atoms with van der Waals surface area (Å²) in [5.74, 6) is 0.700. The van der Waals surface area contributed by atoms with Crippen molar-refractivity contribution in [2.45, 2.75) is 70.3 Å². The molecule has 2 heterocycles. The van der Waals surface area contributed by atoms with E-state index in [1.807, 2.05) is 12.1 Å². The monoisotopic (exact) mass is 462 g/mol. The highest BCUT2D eigenvalue weighted by Gasteiger charge is 2.41. The molecule has 176 valence electrons. The molecule has 0 saturated carbocycles. The Kier molecular flexibility index (Phi) is 7.14. The molecule has 1 aromatic carbocycles. The first-order valence-electron chi connectivity index (χ1n) is 10.9. The first kappa shape index (κ1) is 24.4. The molecular weight excluding hydrogens is 428 g/mol. The number of aliphatic hydroxyl groups is 1. The molecule has 8 nitrogen and oxygen atoms in total. The Bertz CT molecular complexity index is 1040. The van der Waals surface area contributed by atoms with Crippen LogP contribution in [0.5, 0.6) is 5.75 Å². The molecule has 1 fully saturated rings. The molecular formula is C23H34N2O6Si. The Morgan fingerprint density at radius 2 is 1.81 bits per heavy atom. The van der Waals surface area contributed by atoms with Crippen molar-refractivity contribution in [2.24, 2.45) is 0 Å². The van der Waals surface area contributed by atoms with Gasteiger partial charge in [-0.2, -0.15) is 0 Å². The largest absolute Gasteiger partial charge is 0.497 e. The third kappa shape index (κ3) is 5.23. The van der Waals surface area contributed by atoms with Gasteiger partial charge in [-0.3, -0.25) is 13.9 Å². The van der Waals surface area contributed by atoms with Crippen molar-refractivity contribution >= 4 is 8.32 Å². The average Bonchev–Trinajstić information content (AvgIpc) is 3.09. The third-order valence-electron chi connectivity index (χ3n) is 6.52. The summed E-state index contributed by atoms with van der Waals surface area (Å²) in [7, 11) is -0.416. The third-order valence-corrected chi connectivity index (χ3v) is 11.0. The average molecular weight is 463 g/mol. The van der Waals surface area contributed by atoms with E-state index < -0.39 is 38.0 Å². The van der Waals surface area contributed by atoms with E-state index >= 15 is 0 Å². The van der Waals surface area contributed by atoms with Crippen LogP contribution in [0.4, 0.5) is 0 Å². The highest BCUT2D eigenvalue weighted by atomic mass is 28.4. The van der Waals surface area contributed by atoms with Crippen molar-refractivity contribution in [3.8, 4) is 5.75 Å². The number of aliphatic hydroxyl groups excluding tert-OH is 1. The predicted octanol–water partition coefficient (Wildman–Crippen LogP) is 2.74. The smallest absolute Gasteiger partial charge is 0.333 e. The maximum Gasteiger partial charge on any atom is 0.333 e. The van der Waals surface area contributed by atoms with Gasteiger partial charge >= 0.3 is 5.69 Å². The van der Waals surface area contributed by atoms with Crippen molar-refractivity contribution in [3.05, 3.63) is 62.9 Å². The van der Waals surface area contributed by atoms with Gasteiger partial charge in [-0.15, -0.1) is 0 Å². The summed E-state index contributed by atoms with van der Waals surface area (Å²) in [6.07, 6.45) is -0.245. The Morgan fingerprint density at radius 1 is 1.16 bits per heavy atom. The molecule has 1 N–H and O–H groups in total. The molecule has 9 heteroatoms. The summed E-state index contributed by atoms with van der Waals surface area (Å²) in [4.78, 5) is 25.5. The lowest BCUT2D eigenvalue weighted by molar-refractivity contribution is -0.0436. The molecule has 32 heavy (non-hydrogen) atoms. The summed E-state index contributed by atoms with van der Waals surface area (Å²) >= 11 is 0. The summed E-state index contributed by atoms with van der Waals surface area (Å²) in [6, 6.07) is 8.54. The molecule has 0 radical (unpaired) electrons. The van der Waals surface area contributed by atoms with Gasteiger partial charge in [0.05, 0.1) is 26.4 Å². The molecule has 3 rings (SSSR count). The quantitative estimate of drug-likeness (QED) is 0.636. The van der Waals surface area contributed by atoms with Crippen molar-refractivity contribution < 1.29 is 19.0 Å². The van der Waals surface area contributed by atoms with Crippen LogP contribution >= 0.6 is 0 Å². The van der Waals surface area contributed by atoms with Crippen LogP contribution in [0.2, 0.25) is 18.1 Å². The van der Waals surface area contributed by atoms with Crippen LogP contribution in [0.15, 0.2) is 46.1 Å². The normalized spacial score (nSPS) is 21.7. The van der Waals surface area contributed by atoms with Gasteiger partial charge in [0.2, 0.25) is 0 Å². The number of methoxy groups -OCH3 is 1. The Morgan fingerprint density at radius 3 is 2.41 bits per heavy atom. The molecule has 0 amide bonds. The molecule has 0 unspecified atom stereocenters. The number of hydrogen-bond acceptors (Lipinski definition) is 6. The van der Waals surface area contributed by atoms with Gasteiger partial charge in [0.1, 0.15) is 18.1 Å². The lowest BCUT2D eigenvalue weighted by Crippen LogP contribution is -2.44. The number of aromatic nitrogens is 2. The molecule has 2 aromatic rings. The van der Waals surface area contributed by atoms with E-state index in [-0.39, 0.29) is 24.6 Å². The zero-order valence-electron chi connectivity index (χ0n) is 19.7. The van der Waals surface area contributed by atoms with Crippen LogP contribution in [0.3, 0.4) is 0 Å². The standard InChI is InChI=1S/C23H34N2O6Si/c1-23(2,3)32(5,6)30-15-19-18(26)13-21(31-19)24-12-11-20(27)25(22(24)28)14-16-7-9-17(29-4)10-8-16/h7-12,18-19,21,26H,13-15H2,1-6H3/t18-,19+,21+/m0/s1. The lowest BCUT2D eigenvalue weighted by atomic mass is 10.2. The Balaban J connectivity index is 1.76. The van der Waals surface area contributed by atoms with Gasteiger partial charge in [-0.25, -0.2) is 4.79 Å². The fourth-order valence-electron chi connectivity index (χ4n) is 3.35. The Hall–Kier alpha value is -2.20. The molecule has 3 atom stereocenters. The molecule has 0 spiro atoms. The Labute approximate surface area is 189 Å². The second-order valence-corrected chi connectivity index (χ2v) is 14.6. The van der Waals surface area contributed by atoms with Crippen LogP contribution in [0.25, 0.3) is 0 Å². The highest BCUT2D eigenvalue weighted by Crippen LogP contribution is 2.37. The van der Waals surface area contributed by atoms with Gasteiger partial charge in [0.15, 0.2) is 8.32 Å². The predicted molar refractivity (Wildman–Crippen MR) is 125 cm³/mol. The number of nitrogens with zero attached hydrogens (tertiary/aromatic N) is 2. The van der Waals surface area contributed by atoms with Crippen LogP contribution in [0, 0.1) is 0 Å². The second-order valence-electron chi connectivity index (χ2n) is 9.78. The minimum atomic E-state index is -1.99. The fourth-order valence-corrected chi connectivity index (χ4v) is 4.37. The molecule has 1 aliphatic heterocycles. The van der Waals surface area contributed by atoms with Gasteiger partial charge < -0.3 is 19.0 Å². The summed E-state index contributed by atoms with van der Waals surface area (Å²) in [5, 5.41) is 10.6. The van der Waals surface area contributed by atoms with Crippen molar-refractivity contribution in [1.29, 1.82) is 0 Å². The molecule has 0 bridgehead atoms. The van der Waals surface area contributed by atoms with Gasteiger partial charge in [-0.05, 0) is 35.8 Å². The number of hydrogen-bond donors (Lipinski definition) is 1. The minimum absolute atomic E-state index is 0.0455. The lowest BCUT2D eigenvalue weighted by Gasteiger charge is -2.37. The molecule has 1 aliphatic rings. The van der Waals surface area contributed by atoms with E-state index in [0.717, 1.165) is 10.1 Å². The molecule has 1 aromatic heterocycles. The van der Waals surface area contributed by atoms with E-state index in [1.54, 1.807) is 19.2 Å². The van der Waals surface area contributed by atoms with Crippen LogP contribution < -0.4 is 16.0 Å². The number of rotatable bonds is 7. The first-order valence-corrected chi connectivity index (χ1v) is 13.8. The zero-order chi connectivity index (χ0) is 23.7. The first-order chi connectivity index (χ1) is 14.9. The summed E-state index contributed by atoms with van der Waals surface area (Å²) in [5.41, 5.74) is -0.0642. The summed E-state index contributed by atoms with van der Waals surface area (Å²) in [6.45, 7) is 11.2. The van der Waals surface area contributed by atoms with Crippen LogP contribution in [-0.4, -0.2) is 48.5 Å².